The fourth-order valence-electron chi connectivity index (χ4n) is 1.63. The molecule has 1 aromatic rings. The second-order valence-electron chi connectivity index (χ2n) is 5.30. The van der Waals surface area contributed by atoms with Gasteiger partial charge in [0.1, 0.15) is 5.60 Å². The first kappa shape index (κ1) is 15.2. The smallest absolute Gasteiger partial charge is 0.321 e. The van der Waals surface area contributed by atoms with Gasteiger partial charge in [-0.1, -0.05) is 30.3 Å². The Hall–Kier alpha value is -1.84. The molecule has 1 rings (SSSR count). The zero-order valence-corrected chi connectivity index (χ0v) is 11.8. The van der Waals surface area contributed by atoms with Crippen LogP contribution in [0.25, 0.3) is 0 Å². The van der Waals surface area contributed by atoms with Crippen LogP contribution in [0.4, 0.5) is 0 Å². The van der Waals surface area contributed by atoms with E-state index in [2.05, 4.69) is 4.74 Å². The number of hydrogen-bond donors (Lipinski definition) is 0. The standard InChI is InChI=1S/C15H20O4/c1-15(2,3)19-14(17)12(13(16)18-4)10-11-8-6-5-7-9-11/h5-9,12H,10H2,1-4H3/t12-/m0/s1. The maximum Gasteiger partial charge on any atom is 0.321 e. The summed E-state index contributed by atoms with van der Waals surface area (Å²) in [5.41, 5.74) is 0.267. The van der Waals surface area contributed by atoms with Crippen LogP contribution in [-0.2, 0) is 25.5 Å². The van der Waals surface area contributed by atoms with E-state index in [9.17, 15) is 9.59 Å². The number of rotatable bonds is 4. The Morgan fingerprint density at radius 2 is 1.68 bits per heavy atom. The molecule has 4 heteroatoms. The van der Waals surface area contributed by atoms with E-state index < -0.39 is 23.5 Å². The van der Waals surface area contributed by atoms with Gasteiger partial charge in [0, 0.05) is 0 Å². The molecule has 0 amide bonds. The van der Waals surface area contributed by atoms with Crippen LogP contribution in [0, 0.1) is 5.92 Å². The first-order chi connectivity index (χ1) is 8.83. The topological polar surface area (TPSA) is 52.6 Å². The number of carbonyl (C=O) groups is 2. The number of esters is 2. The lowest BCUT2D eigenvalue weighted by atomic mass is 9.99. The van der Waals surface area contributed by atoms with Gasteiger partial charge in [-0.15, -0.1) is 0 Å². The molecular formula is C15H20O4. The summed E-state index contributed by atoms with van der Waals surface area (Å²) in [5, 5.41) is 0. The van der Waals surface area contributed by atoms with Gasteiger partial charge in [-0.3, -0.25) is 9.59 Å². The third kappa shape index (κ3) is 5.12. The highest BCUT2D eigenvalue weighted by molar-refractivity contribution is 5.95. The van der Waals surface area contributed by atoms with Crippen molar-refractivity contribution in [3.63, 3.8) is 0 Å². The molecule has 0 fully saturated rings. The van der Waals surface area contributed by atoms with Crippen molar-refractivity contribution in [2.45, 2.75) is 32.8 Å². The molecule has 0 saturated carbocycles. The van der Waals surface area contributed by atoms with Gasteiger partial charge in [-0.25, -0.2) is 0 Å². The van der Waals surface area contributed by atoms with Crippen LogP contribution in [0.3, 0.4) is 0 Å². The van der Waals surface area contributed by atoms with Crippen molar-refractivity contribution in [1.82, 2.24) is 0 Å². The molecule has 0 aromatic heterocycles. The van der Waals surface area contributed by atoms with Crippen LogP contribution in [0.1, 0.15) is 26.3 Å². The molecular weight excluding hydrogens is 244 g/mol. The molecule has 0 unspecified atom stereocenters. The maximum absolute atomic E-state index is 12.0. The van der Waals surface area contributed by atoms with E-state index in [1.807, 2.05) is 30.3 Å². The molecule has 0 saturated heterocycles. The summed E-state index contributed by atoms with van der Waals surface area (Å²) in [4.78, 5) is 23.8. The van der Waals surface area contributed by atoms with Gasteiger partial charge < -0.3 is 9.47 Å². The molecule has 0 bridgehead atoms. The van der Waals surface area contributed by atoms with Crippen molar-refractivity contribution in [1.29, 1.82) is 0 Å². The summed E-state index contributed by atoms with van der Waals surface area (Å²) >= 11 is 0. The van der Waals surface area contributed by atoms with E-state index in [1.54, 1.807) is 20.8 Å². The minimum absolute atomic E-state index is 0.280. The Labute approximate surface area is 113 Å². The molecule has 0 aliphatic rings. The second kappa shape index (κ2) is 6.36. The fraction of sp³-hybridized carbons (Fsp3) is 0.467. The largest absolute Gasteiger partial charge is 0.468 e. The quantitative estimate of drug-likeness (QED) is 0.619. The Balaban J connectivity index is 2.84. The average Bonchev–Trinajstić information content (AvgIpc) is 2.34. The lowest BCUT2D eigenvalue weighted by Gasteiger charge is -2.22. The van der Waals surface area contributed by atoms with Crippen LogP contribution in [0.15, 0.2) is 30.3 Å². The second-order valence-corrected chi connectivity index (χ2v) is 5.30. The summed E-state index contributed by atoms with van der Waals surface area (Å²) in [5.74, 6) is -2.05. The lowest BCUT2D eigenvalue weighted by Crippen LogP contribution is -2.34. The molecule has 104 valence electrons. The first-order valence-corrected chi connectivity index (χ1v) is 6.18. The summed E-state index contributed by atoms with van der Waals surface area (Å²) in [6, 6.07) is 9.32. The van der Waals surface area contributed by atoms with Crippen LogP contribution in [0.5, 0.6) is 0 Å². The molecule has 1 atom stereocenters. The number of carbonyl (C=O) groups excluding carboxylic acids is 2. The summed E-state index contributed by atoms with van der Waals surface area (Å²) in [6.07, 6.45) is 0.280. The average molecular weight is 264 g/mol. The molecule has 0 radical (unpaired) electrons. The molecule has 19 heavy (non-hydrogen) atoms. The maximum atomic E-state index is 12.0. The number of methoxy groups -OCH3 is 1. The van der Waals surface area contributed by atoms with Crippen LogP contribution < -0.4 is 0 Å². The fourth-order valence-corrected chi connectivity index (χ4v) is 1.63. The van der Waals surface area contributed by atoms with Gasteiger partial charge in [-0.2, -0.15) is 0 Å². The van der Waals surface area contributed by atoms with Gasteiger partial charge in [0.15, 0.2) is 5.92 Å². The van der Waals surface area contributed by atoms with Crippen LogP contribution in [0.2, 0.25) is 0 Å². The number of hydrogen-bond acceptors (Lipinski definition) is 4. The molecule has 0 heterocycles. The molecule has 0 N–H and O–H groups in total. The normalized spacial score (nSPS) is 12.6. The zero-order chi connectivity index (χ0) is 14.5. The van der Waals surface area contributed by atoms with Crippen molar-refractivity contribution < 1.29 is 19.1 Å². The van der Waals surface area contributed by atoms with Crippen molar-refractivity contribution in [2.24, 2.45) is 5.92 Å². The van der Waals surface area contributed by atoms with Gasteiger partial charge in [0.2, 0.25) is 0 Å². The predicted molar refractivity (Wildman–Crippen MR) is 71.5 cm³/mol. The number of benzene rings is 1. The molecule has 0 aliphatic carbocycles. The molecule has 1 aromatic carbocycles. The highest BCUT2D eigenvalue weighted by Crippen LogP contribution is 2.16. The van der Waals surface area contributed by atoms with Crippen LogP contribution in [-0.4, -0.2) is 24.6 Å². The molecule has 0 aliphatic heterocycles. The Morgan fingerprint density at radius 1 is 1.11 bits per heavy atom. The summed E-state index contributed by atoms with van der Waals surface area (Å²) in [7, 11) is 1.27. The van der Waals surface area contributed by atoms with Crippen molar-refractivity contribution in [2.75, 3.05) is 7.11 Å². The number of ether oxygens (including phenoxy) is 2. The van der Waals surface area contributed by atoms with E-state index in [0.29, 0.717) is 0 Å². The van der Waals surface area contributed by atoms with E-state index in [0.717, 1.165) is 5.56 Å². The first-order valence-electron chi connectivity index (χ1n) is 6.18. The minimum atomic E-state index is -0.924. The van der Waals surface area contributed by atoms with Gasteiger partial charge >= 0.3 is 11.9 Å². The Morgan fingerprint density at radius 3 is 2.16 bits per heavy atom. The van der Waals surface area contributed by atoms with Gasteiger partial charge in [0.25, 0.3) is 0 Å². The third-order valence-electron chi connectivity index (χ3n) is 2.46. The van der Waals surface area contributed by atoms with Gasteiger partial charge in [-0.05, 0) is 32.8 Å². The van der Waals surface area contributed by atoms with E-state index >= 15 is 0 Å². The van der Waals surface area contributed by atoms with E-state index in [-0.39, 0.29) is 6.42 Å². The lowest BCUT2D eigenvalue weighted by molar-refractivity contribution is -0.168. The molecule has 0 spiro atoms. The Kier molecular flexibility index (Phi) is 5.10. The van der Waals surface area contributed by atoms with E-state index in [1.165, 1.54) is 7.11 Å². The highest BCUT2D eigenvalue weighted by atomic mass is 16.6. The summed E-state index contributed by atoms with van der Waals surface area (Å²) < 4.78 is 9.94. The van der Waals surface area contributed by atoms with Crippen molar-refractivity contribution in [3.05, 3.63) is 35.9 Å². The molecule has 4 nitrogen and oxygen atoms in total. The van der Waals surface area contributed by atoms with Crippen LogP contribution >= 0.6 is 0 Å². The van der Waals surface area contributed by atoms with Crippen molar-refractivity contribution >= 4 is 11.9 Å². The Bertz CT molecular complexity index is 431. The van der Waals surface area contributed by atoms with Gasteiger partial charge in [0.05, 0.1) is 7.11 Å². The highest BCUT2D eigenvalue weighted by Gasteiger charge is 2.32. The zero-order valence-electron chi connectivity index (χ0n) is 11.8. The third-order valence-corrected chi connectivity index (χ3v) is 2.46. The monoisotopic (exact) mass is 264 g/mol. The van der Waals surface area contributed by atoms with E-state index in [4.69, 9.17) is 4.74 Å². The summed E-state index contributed by atoms with van der Waals surface area (Å²) in [6.45, 7) is 5.30. The SMILES string of the molecule is COC(=O)[C@H](Cc1ccccc1)C(=O)OC(C)(C)C. The minimum Gasteiger partial charge on any atom is -0.468 e. The van der Waals surface area contributed by atoms with Crippen molar-refractivity contribution in [3.8, 4) is 0 Å². The predicted octanol–water partition coefficient (Wildman–Crippen LogP) is 2.36.